The number of urea groups is 1. The summed E-state index contributed by atoms with van der Waals surface area (Å²) in [6, 6.07) is 13.3. The van der Waals surface area contributed by atoms with Crippen LogP contribution in [0.1, 0.15) is 46.1 Å². The van der Waals surface area contributed by atoms with Crippen molar-refractivity contribution in [3.05, 3.63) is 83.1 Å². The van der Waals surface area contributed by atoms with Gasteiger partial charge in [-0.3, -0.25) is 10.1 Å². The van der Waals surface area contributed by atoms with Crippen molar-refractivity contribution in [1.82, 2.24) is 15.2 Å². The lowest BCUT2D eigenvalue weighted by Crippen LogP contribution is -2.42. The van der Waals surface area contributed by atoms with Crippen LogP contribution in [0, 0.1) is 13.8 Å². The zero-order valence-electron chi connectivity index (χ0n) is 17.7. The molecule has 1 atom stereocenters. The van der Waals surface area contributed by atoms with E-state index in [1.54, 1.807) is 62.6 Å². The number of hydrogen-bond donors (Lipinski definition) is 2. The standard InChI is InChI=1S/C23H25N3O5/c1-4-24-23(29)25-21(27)20(17-9-6-5-7-10-17)31-22(28)19-13-15(2)26(16(19)3)14-18-11-8-12-30-18/h5-13,20H,4,14H2,1-3H3,(H2,24,25,27,29)/t20-/m1/s1. The van der Waals surface area contributed by atoms with Gasteiger partial charge in [-0.1, -0.05) is 30.3 Å². The van der Waals surface area contributed by atoms with E-state index in [4.69, 9.17) is 9.15 Å². The number of ether oxygens (including phenoxy) is 1. The third-order valence-electron chi connectivity index (χ3n) is 4.83. The van der Waals surface area contributed by atoms with E-state index >= 15 is 0 Å². The number of amides is 3. The van der Waals surface area contributed by atoms with Gasteiger partial charge in [0.15, 0.2) is 0 Å². The maximum Gasteiger partial charge on any atom is 0.341 e. The Bertz CT molecular complexity index is 1050. The summed E-state index contributed by atoms with van der Waals surface area (Å²) in [4.78, 5) is 37.5. The van der Waals surface area contributed by atoms with Gasteiger partial charge in [-0.05, 0) is 39.0 Å². The average Bonchev–Trinajstić information content (AvgIpc) is 3.36. The Hall–Kier alpha value is -3.81. The maximum absolute atomic E-state index is 13.0. The van der Waals surface area contributed by atoms with E-state index in [0.717, 1.165) is 11.5 Å². The third kappa shape index (κ3) is 5.22. The van der Waals surface area contributed by atoms with Crippen LogP contribution >= 0.6 is 0 Å². The van der Waals surface area contributed by atoms with Crippen molar-refractivity contribution in [2.24, 2.45) is 0 Å². The Morgan fingerprint density at radius 3 is 2.48 bits per heavy atom. The van der Waals surface area contributed by atoms with E-state index in [-0.39, 0.29) is 0 Å². The molecule has 0 bridgehead atoms. The summed E-state index contributed by atoms with van der Waals surface area (Å²) in [5, 5.41) is 4.70. The predicted molar refractivity (Wildman–Crippen MR) is 114 cm³/mol. The van der Waals surface area contributed by atoms with Crippen LogP contribution in [-0.2, 0) is 16.1 Å². The van der Waals surface area contributed by atoms with Gasteiger partial charge in [-0.25, -0.2) is 9.59 Å². The van der Waals surface area contributed by atoms with E-state index < -0.39 is 24.0 Å². The SMILES string of the molecule is CCNC(=O)NC(=O)[C@H](OC(=O)c1cc(C)n(Cc2ccco2)c1C)c1ccccc1. The molecule has 162 valence electrons. The minimum atomic E-state index is -1.27. The lowest BCUT2D eigenvalue weighted by Gasteiger charge is -2.18. The molecule has 0 saturated heterocycles. The van der Waals surface area contributed by atoms with Crippen LogP contribution in [0.25, 0.3) is 0 Å². The highest BCUT2D eigenvalue weighted by molar-refractivity contribution is 5.99. The smallest absolute Gasteiger partial charge is 0.341 e. The number of furan rings is 1. The van der Waals surface area contributed by atoms with Gasteiger partial charge < -0.3 is 19.0 Å². The van der Waals surface area contributed by atoms with Crippen LogP contribution in [0.4, 0.5) is 4.79 Å². The van der Waals surface area contributed by atoms with Crippen molar-refractivity contribution in [3.8, 4) is 0 Å². The monoisotopic (exact) mass is 423 g/mol. The van der Waals surface area contributed by atoms with Gasteiger partial charge in [-0.15, -0.1) is 0 Å². The van der Waals surface area contributed by atoms with Crippen molar-refractivity contribution in [2.75, 3.05) is 6.54 Å². The largest absolute Gasteiger partial charge is 0.467 e. The second kappa shape index (κ2) is 9.80. The first-order chi connectivity index (χ1) is 14.9. The molecule has 3 rings (SSSR count). The van der Waals surface area contributed by atoms with Crippen LogP contribution in [0.3, 0.4) is 0 Å². The molecule has 31 heavy (non-hydrogen) atoms. The quantitative estimate of drug-likeness (QED) is 0.567. The molecule has 8 nitrogen and oxygen atoms in total. The van der Waals surface area contributed by atoms with Crippen LogP contribution in [-0.4, -0.2) is 29.0 Å². The number of aryl methyl sites for hydroxylation is 1. The molecule has 0 unspecified atom stereocenters. The van der Waals surface area contributed by atoms with Crippen molar-refractivity contribution >= 4 is 17.9 Å². The van der Waals surface area contributed by atoms with Crippen molar-refractivity contribution in [3.63, 3.8) is 0 Å². The molecule has 3 aromatic rings. The van der Waals surface area contributed by atoms with E-state index in [1.807, 2.05) is 17.6 Å². The normalized spacial score (nSPS) is 11.6. The summed E-state index contributed by atoms with van der Waals surface area (Å²) in [5.41, 5.74) is 2.34. The number of hydrogen-bond acceptors (Lipinski definition) is 5. The molecule has 8 heteroatoms. The molecule has 0 radical (unpaired) electrons. The number of carbonyl (C=O) groups excluding carboxylic acids is 3. The van der Waals surface area contributed by atoms with Gasteiger partial charge in [0.1, 0.15) is 5.76 Å². The second-order valence-corrected chi connectivity index (χ2v) is 7.00. The summed E-state index contributed by atoms with van der Waals surface area (Å²) in [5.74, 6) is -0.626. The topological polar surface area (TPSA) is 103 Å². The number of esters is 1. The molecule has 2 N–H and O–H groups in total. The molecule has 0 saturated carbocycles. The third-order valence-corrected chi connectivity index (χ3v) is 4.83. The summed E-state index contributed by atoms with van der Waals surface area (Å²) in [6.07, 6.45) is 0.320. The number of rotatable bonds is 7. The van der Waals surface area contributed by atoms with Crippen LogP contribution in [0.15, 0.2) is 59.2 Å². The lowest BCUT2D eigenvalue weighted by atomic mass is 10.1. The first-order valence-corrected chi connectivity index (χ1v) is 9.94. The van der Waals surface area contributed by atoms with Crippen LogP contribution in [0.2, 0.25) is 0 Å². The second-order valence-electron chi connectivity index (χ2n) is 7.00. The number of nitrogens with zero attached hydrogens (tertiary/aromatic N) is 1. The molecule has 0 aliphatic heterocycles. The van der Waals surface area contributed by atoms with Crippen molar-refractivity contribution in [2.45, 2.75) is 33.4 Å². The van der Waals surface area contributed by atoms with Gasteiger partial charge in [0.05, 0.1) is 18.4 Å². The molecular weight excluding hydrogens is 398 g/mol. The maximum atomic E-state index is 13.0. The zero-order valence-corrected chi connectivity index (χ0v) is 17.7. The predicted octanol–water partition coefficient (Wildman–Crippen LogP) is 3.49. The van der Waals surface area contributed by atoms with Gasteiger partial charge in [0.25, 0.3) is 5.91 Å². The Morgan fingerprint density at radius 2 is 1.84 bits per heavy atom. The number of carbonyl (C=O) groups is 3. The molecule has 2 heterocycles. The zero-order chi connectivity index (χ0) is 22.4. The first kappa shape index (κ1) is 21.9. The number of aromatic nitrogens is 1. The molecule has 1 aromatic carbocycles. The van der Waals surface area contributed by atoms with Gasteiger partial charge in [0.2, 0.25) is 6.10 Å². The highest BCUT2D eigenvalue weighted by atomic mass is 16.5. The lowest BCUT2D eigenvalue weighted by molar-refractivity contribution is -0.129. The summed E-state index contributed by atoms with van der Waals surface area (Å²) in [7, 11) is 0. The molecule has 0 aliphatic rings. The minimum absolute atomic E-state index is 0.343. The van der Waals surface area contributed by atoms with Gasteiger partial charge in [-0.2, -0.15) is 0 Å². The molecule has 0 spiro atoms. The highest BCUT2D eigenvalue weighted by Crippen LogP contribution is 2.23. The molecule has 0 fully saturated rings. The van der Waals surface area contributed by atoms with Crippen LogP contribution in [0.5, 0.6) is 0 Å². The average molecular weight is 423 g/mol. The Kier molecular flexibility index (Phi) is 6.92. The van der Waals surface area contributed by atoms with Gasteiger partial charge >= 0.3 is 12.0 Å². The molecular formula is C23H25N3O5. The van der Waals surface area contributed by atoms with Crippen molar-refractivity contribution in [1.29, 1.82) is 0 Å². The fourth-order valence-electron chi connectivity index (χ4n) is 3.26. The molecule has 2 aromatic heterocycles. The molecule has 0 aliphatic carbocycles. The fraction of sp³-hybridized carbons (Fsp3) is 0.261. The summed E-state index contributed by atoms with van der Waals surface area (Å²) < 4.78 is 12.9. The number of benzene rings is 1. The number of imide groups is 1. The summed E-state index contributed by atoms with van der Waals surface area (Å²) >= 11 is 0. The van der Waals surface area contributed by atoms with E-state index in [9.17, 15) is 14.4 Å². The highest BCUT2D eigenvalue weighted by Gasteiger charge is 2.28. The molecule has 3 amide bonds. The Morgan fingerprint density at radius 1 is 1.10 bits per heavy atom. The van der Waals surface area contributed by atoms with Crippen molar-refractivity contribution < 1.29 is 23.5 Å². The van der Waals surface area contributed by atoms with Gasteiger partial charge in [0, 0.05) is 23.5 Å². The van der Waals surface area contributed by atoms with E-state index in [1.165, 1.54) is 0 Å². The van der Waals surface area contributed by atoms with Crippen LogP contribution < -0.4 is 10.6 Å². The van der Waals surface area contributed by atoms with E-state index in [0.29, 0.717) is 29.9 Å². The fourth-order valence-corrected chi connectivity index (χ4v) is 3.26. The minimum Gasteiger partial charge on any atom is -0.467 e. The summed E-state index contributed by atoms with van der Waals surface area (Å²) in [6.45, 7) is 6.24. The van der Waals surface area contributed by atoms with E-state index in [2.05, 4.69) is 10.6 Å². The Labute approximate surface area is 180 Å². The first-order valence-electron chi connectivity index (χ1n) is 9.94. The Balaban J connectivity index is 1.83. The number of nitrogens with one attached hydrogen (secondary N) is 2.